The molecule has 1 atom stereocenters. The first-order valence-electron chi connectivity index (χ1n) is 5.72. The van der Waals surface area contributed by atoms with E-state index in [-0.39, 0.29) is 5.56 Å². The molecule has 0 aliphatic rings. The molecule has 1 aromatic heterocycles. The molecule has 0 aliphatic carbocycles. The van der Waals surface area contributed by atoms with Gasteiger partial charge in [0.2, 0.25) is 0 Å². The Hall–Kier alpha value is -1.40. The van der Waals surface area contributed by atoms with Crippen LogP contribution in [0.3, 0.4) is 0 Å². The highest BCUT2D eigenvalue weighted by molar-refractivity contribution is 7.11. The number of aryl methyl sites for hydroxylation is 2. The van der Waals surface area contributed by atoms with Crippen molar-refractivity contribution in [2.24, 2.45) is 5.73 Å². The van der Waals surface area contributed by atoms with Crippen LogP contribution in [-0.4, -0.2) is 4.98 Å². The minimum absolute atomic E-state index is 0.0376. The zero-order valence-corrected chi connectivity index (χ0v) is 11.3. The van der Waals surface area contributed by atoms with E-state index in [2.05, 4.69) is 4.98 Å². The highest BCUT2D eigenvalue weighted by atomic mass is 32.1. The lowest BCUT2D eigenvalue weighted by Gasteiger charge is -2.12. The van der Waals surface area contributed by atoms with Gasteiger partial charge < -0.3 is 5.73 Å². The molecule has 6 heteroatoms. The lowest BCUT2D eigenvalue weighted by Crippen LogP contribution is -2.16. The Morgan fingerprint density at radius 1 is 1.21 bits per heavy atom. The van der Waals surface area contributed by atoms with Gasteiger partial charge in [0.05, 0.1) is 10.7 Å². The number of nitrogens with two attached hydrogens (primary N) is 1. The SMILES string of the molecule is Cc1nc(CC(N)c2ccc(F)c(F)c2F)sc1C. The molecule has 19 heavy (non-hydrogen) atoms. The maximum Gasteiger partial charge on any atom is 0.194 e. The average Bonchev–Trinajstić information content (AvgIpc) is 2.65. The second kappa shape index (κ2) is 5.30. The van der Waals surface area contributed by atoms with Crippen molar-refractivity contribution in [3.05, 3.63) is 50.7 Å². The monoisotopic (exact) mass is 286 g/mol. The molecular formula is C13H13F3N2S. The predicted octanol–water partition coefficient (Wildman–Crippen LogP) is 3.42. The summed E-state index contributed by atoms with van der Waals surface area (Å²) in [5.41, 5.74) is 6.71. The Morgan fingerprint density at radius 3 is 2.47 bits per heavy atom. The van der Waals surface area contributed by atoms with E-state index in [4.69, 9.17) is 5.73 Å². The smallest absolute Gasteiger partial charge is 0.194 e. The number of benzene rings is 1. The molecule has 102 valence electrons. The second-order valence-corrected chi connectivity index (χ2v) is 5.61. The van der Waals surface area contributed by atoms with E-state index < -0.39 is 23.5 Å². The highest BCUT2D eigenvalue weighted by Gasteiger charge is 2.19. The van der Waals surface area contributed by atoms with Gasteiger partial charge in [-0.3, -0.25) is 0 Å². The maximum atomic E-state index is 13.6. The van der Waals surface area contributed by atoms with Crippen LogP contribution in [0.4, 0.5) is 13.2 Å². The van der Waals surface area contributed by atoms with Crippen molar-refractivity contribution in [1.82, 2.24) is 4.98 Å². The van der Waals surface area contributed by atoms with Gasteiger partial charge in [0.1, 0.15) is 0 Å². The zero-order chi connectivity index (χ0) is 14.2. The number of thiazole rings is 1. The van der Waals surface area contributed by atoms with E-state index in [0.717, 1.165) is 21.6 Å². The quantitative estimate of drug-likeness (QED) is 0.878. The maximum absolute atomic E-state index is 13.6. The van der Waals surface area contributed by atoms with Crippen LogP contribution in [0.1, 0.15) is 27.2 Å². The third-order valence-electron chi connectivity index (χ3n) is 2.93. The zero-order valence-electron chi connectivity index (χ0n) is 10.5. The van der Waals surface area contributed by atoms with Crippen molar-refractivity contribution in [2.45, 2.75) is 26.3 Å². The van der Waals surface area contributed by atoms with Crippen LogP contribution < -0.4 is 5.73 Å². The van der Waals surface area contributed by atoms with E-state index in [0.29, 0.717) is 6.42 Å². The first-order valence-corrected chi connectivity index (χ1v) is 6.53. The van der Waals surface area contributed by atoms with Gasteiger partial charge in [0.25, 0.3) is 0 Å². The van der Waals surface area contributed by atoms with Gasteiger partial charge in [-0.05, 0) is 19.9 Å². The van der Waals surface area contributed by atoms with Crippen LogP contribution in [0.2, 0.25) is 0 Å². The Balaban J connectivity index is 2.25. The van der Waals surface area contributed by atoms with Crippen molar-refractivity contribution < 1.29 is 13.2 Å². The van der Waals surface area contributed by atoms with Crippen LogP contribution in [-0.2, 0) is 6.42 Å². The van der Waals surface area contributed by atoms with Crippen molar-refractivity contribution in [2.75, 3.05) is 0 Å². The van der Waals surface area contributed by atoms with E-state index in [1.165, 1.54) is 17.4 Å². The molecule has 2 rings (SSSR count). The van der Waals surface area contributed by atoms with Crippen molar-refractivity contribution >= 4 is 11.3 Å². The molecule has 0 aliphatic heterocycles. The van der Waals surface area contributed by atoms with Crippen LogP contribution in [0.25, 0.3) is 0 Å². The van der Waals surface area contributed by atoms with Gasteiger partial charge in [-0.2, -0.15) is 0 Å². The highest BCUT2D eigenvalue weighted by Crippen LogP contribution is 2.25. The van der Waals surface area contributed by atoms with Crippen LogP contribution in [0.5, 0.6) is 0 Å². The Labute approximate surface area is 113 Å². The fourth-order valence-electron chi connectivity index (χ4n) is 1.75. The van der Waals surface area contributed by atoms with Gasteiger partial charge in [0.15, 0.2) is 17.5 Å². The summed E-state index contributed by atoms with van der Waals surface area (Å²) < 4.78 is 39.6. The lowest BCUT2D eigenvalue weighted by atomic mass is 10.0. The molecule has 0 fully saturated rings. The molecule has 0 saturated carbocycles. The summed E-state index contributed by atoms with van der Waals surface area (Å²) >= 11 is 1.47. The molecule has 1 heterocycles. The summed E-state index contributed by atoms with van der Waals surface area (Å²) in [6.45, 7) is 3.80. The number of hydrogen-bond donors (Lipinski definition) is 1. The Bertz CT molecular complexity index is 591. The minimum atomic E-state index is -1.49. The van der Waals surface area contributed by atoms with Crippen LogP contribution in [0.15, 0.2) is 12.1 Å². The molecule has 2 aromatic rings. The number of hydrogen-bond acceptors (Lipinski definition) is 3. The summed E-state index contributed by atoms with van der Waals surface area (Å²) in [5, 5.41) is 0.756. The Kier molecular flexibility index (Phi) is 3.91. The molecule has 1 aromatic carbocycles. The standard InChI is InChI=1S/C13H13F3N2S/c1-6-7(2)19-11(18-6)5-10(17)8-3-4-9(14)13(16)12(8)15/h3-4,10H,5,17H2,1-2H3. The molecule has 2 nitrogen and oxygen atoms in total. The van der Waals surface area contributed by atoms with E-state index in [1.807, 2.05) is 13.8 Å². The molecule has 0 amide bonds. The van der Waals surface area contributed by atoms with E-state index in [9.17, 15) is 13.2 Å². The van der Waals surface area contributed by atoms with Gasteiger partial charge >= 0.3 is 0 Å². The molecule has 0 bridgehead atoms. The fourth-order valence-corrected chi connectivity index (χ4v) is 2.74. The van der Waals surface area contributed by atoms with Gasteiger partial charge in [-0.15, -0.1) is 11.3 Å². The molecule has 0 radical (unpaired) electrons. The number of rotatable bonds is 3. The number of aromatic nitrogens is 1. The molecular weight excluding hydrogens is 273 g/mol. The third-order valence-corrected chi connectivity index (χ3v) is 4.03. The van der Waals surface area contributed by atoms with Gasteiger partial charge in [-0.25, -0.2) is 18.2 Å². The Morgan fingerprint density at radius 2 is 1.89 bits per heavy atom. The van der Waals surface area contributed by atoms with Crippen LogP contribution in [0, 0.1) is 31.3 Å². The summed E-state index contributed by atoms with van der Waals surface area (Å²) in [6.07, 6.45) is 0.293. The van der Waals surface area contributed by atoms with Crippen LogP contribution >= 0.6 is 11.3 Å². The topological polar surface area (TPSA) is 38.9 Å². The normalized spacial score (nSPS) is 12.7. The third kappa shape index (κ3) is 2.79. The van der Waals surface area contributed by atoms with Gasteiger partial charge in [0, 0.05) is 22.9 Å². The minimum Gasteiger partial charge on any atom is -0.324 e. The predicted molar refractivity (Wildman–Crippen MR) is 68.5 cm³/mol. The van der Waals surface area contributed by atoms with Crippen molar-refractivity contribution in [3.8, 4) is 0 Å². The molecule has 0 saturated heterocycles. The van der Waals surface area contributed by atoms with Crippen molar-refractivity contribution in [1.29, 1.82) is 0 Å². The number of halogens is 3. The summed E-state index contributed by atoms with van der Waals surface area (Å²) in [7, 11) is 0. The first-order chi connectivity index (χ1) is 8.90. The summed E-state index contributed by atoms with van der Waals surface area (Å²) in [5.74, 6) is -3.92. The van der Waals surface area contributed by atoms with E-state index >= 15 is 0 Å². The summed E-state index contributed by atoms with van der Waals surface area (Å²) in [6, 6.07) is 1.30. The lowest BCUT2D eigenvalue weighted by molar-refractivity contribution is 0.435. The largest absolute Gasteiger partial charge is 0.324 e. The molecule has 2 N–H and O–H groups in total. The van der Waals surface area contributed by atoms with Crippen molar-refractivity contribution in [3.63, 3.8) is 0 Å². The summed E-state index contributed by atoms with van der Waals surface area (Å²) in [4.78, 5) is 5.36. The first kappa shape index (κ1) is 14.0. The number of nitrogens with zero attached hydrogens (tertiary/aromatic N) is 1. The molecule has 0 spiro atoms. The molecule has 1 unspecified atom stereocenters. The second-order valence-electron chi connectivity index (χ2n) is 4.32. The van der Waals surface area contributed by atoms with Gasteiger partial charge in [-0.1, -0.05) is 6.07 Å². The average molecular weight is 286 g/mol. The van der Waals surface area contributed by atoms with E-state index in [1.54, 1.807) is 0 Å². The fraction of sp³-hybridized carbons (Fsp3) is 0.308.